The lowest BCUT2D eigenvalue weighted by molar-refractivity contribution is 0.415. The van der Waals surface area contributed by atoms with Crippen LogP contribution in [0.1, 0.15) is 18.5 Å². The monoisotopic (exact) mass is 320 g/mol. The summed E-state index contributed by atoms with van der Waals surface area (Å²) in [5.74, 6) is 0.638. The molecule has 0 bridgehead atoms. The minimum Gasteiger partial charge on any atom is -0.495 e. The molecule has 2 aromatic rings. The van der Waals surface area contributed by atoms with Gasteiger partial charge in [0.1, 0.15) is 5.75 Å². The number of halogens is 1. The standard InChI is InChI=1S/C16H17ClN2OS/c1-11(12-6-4-3-5-7-12)18-16(21)19-13-8-9-15(20-2)14(17)10-13/h3-11H,1-2H3,(H2,18,19,21)/t11-/m0/s1. The topological polar surface area (TPSA) is 33.3 Å². The number of anilines is 1. The molecule has 0 saturated heterocycles. The van der Waals surface area contributed by atoms with E-state index in [1.165, 1.54) is 5.56 Å². The van der Waals surface area contributed by atoms with E-state index in [0.29, 0.717) is 15.9 Å². The predicted molar refractivity (Wildman–Crippen MR) is 92.2 cm³/mol. The molecule has 110 valence electrons. The third-order valence-corrected chi connectivity index (χ3v) is 3.57. The summed E-state index contributed by atoms with van der Waals surface area (Å²) in [7, 11) is 1.59. The highest BCUT2D eigenvalue weighted by Crippen LogP contribution is 2.27. The first-order chi connectivity index (χ1) is 10.1. The van der Waals surface area contributed by atoms with Crippen LogP contribution in [0.4, 0.5) is 5.69 Å². The molecule has 0 spiro atoms. The second-order valence-electron chi connectivity index (χ2n) is 4.58. The van der Waals surface area contributed by atoms with Crippen molar-refractivity contribution in [2.45, 2.75) is 13.0 Å². The molecule has 5 heteroatoms. The van der Waals surface area contributed by atoms with E-state index >= 15 is 0 Å². The Bertz CT molecular complexity index is 619. The number of hydrogen-bond acceptors (Lipinski definition) is 2. The molecule has 0 amide bonds. The quantitative estimate of drug-likeness (QED) is 0.818. The molecule has 21 heavy (non-hydrogen) atoms. The third-order valence-electron chi connectivity index (χ3n) is 3.06. The first-order valence-corrected chi connectivity index (χ1v) is 7.35. The van der Waals surface area contributed by atoms with E-state index in [2.05, 4.69) is 29.7 Å². The van der Waals surface area contributed by atoms with Crippen LogP contribution in [0, 0.1) is 0 Å². The van der Waals surface area contributed by atoms with Crippen molar-refractivity contribution in [3.63, 3.8) is 0 Å². The van der Waals surface area contributed by atoms with Crippen LogP contribution in [0.3, 0.4) is 0 Å². The van der Waals surface area contributed by atoms with Crippen molar-refractivity contribution in [2.75, 3.05) is 12.4 Å². The molecule has 0 aliphatic carbocycles. The van der Waals surface area contributed by atoms with Crippen molar-refractivity contribution in [3.8, 4) is 5.75 Å². The van der Waals surface area contributed by atoms with Gasteiger partial charge in [0, 0.05) is 5.69 Å². The van der Waals surface area contributed by atoms with Gasteiger partial charge in [-0.15, -0.1) is 0 Å². The molecule has 0 aliphatic heterocycles. The number of hydrogen-bond donors (Lipinski definition) is 2. The maximum atomic E-state index is 6.09. The lowest BCUT2D eigenvalue weighted by atomic mass is 10.1. The maximum Gasteiger partial charge on any atom is 0.171 e. The summed E-state index contributed by atoms with van der Waals surface area (Å²) in [6.07, 6.45) is 0. The summed E-state index contributed by atoms with van der Waals surface area (Å²) >= 11 is 11.4. The van der Waals surface area contributed by atoms with Crippen molar-refractivity contribution in [3.05, 3.63) is 59.1 Å². The normalized spacial score (nSPS) is 11.6. The summed E-state index contributed by atoms with van der Waals surface area (Å²) in [6.45, 7) is 2.06. The summed E-state index contributed by atoms with van der Waals surface area (Å²) in [4.78, 5) is 0. The number of methoxy groups -OCH3 is 1. The molecule has 2 rings (SSSR count). The summed E-state index contributed by atoms with van der Waals surface area (Å²) < 4.78 is 5.12. The largest absolute Gasteiger partial charge is 0.495 e. The molecule has 1 atom stereocenters. The van der Waals surface area contributed by atoms with Crippen LogP contribution < -0.4 is 15.4 Å². The molecule has 2 aromatic carbocycles. The van der Waals surface area contributed by atoms with E-state index < -0.39 is 0 Å². The van der Waals surface area contributed by atoms with Crippen molar-refractivity contribution >= 4 is 34.6 Å². The number of benzene rings is 2. The van der Waals surface area contributed by atoms with Crippen molar-refractivity contribution < 1.29 is 4.74 Å². The zero-order valence-electron chi connectivity index (χ0n) is 11.9. The van der Waals surface area contributed by atoms with Gasteiger partial charge in [-0.05, 0) is 42.9 Å². The zero-order valence-corrected chi connectivity index (χ0v) is 13.5. The molecule has 2 N–H and O–H groups in total. The van der Waals surface area contributed by atoms with Gasteiger partial charge < -0.3 is 15.4 Å². The third kappa shape index (κ3) is 4.34. The Labute approximate surface area is 135 Å². The van der Waals surface area contributed by atoms with Gasteiger partial charge in [-0.25, -0.2) is 0 Å². The Morgan fingerprint density at radius 2 is 1.90 bits per heavy atom. The Balaban J connectivity index is 1.97. The molecule has 0 aliphatic rings. The Morgan fingerprint density at radius 1 is 1.19 bits per heavy atom. The average Bonchev–Trinajstić information content (AvgIpc) is 2.48. The fraction of sp³-hybridized carbons (Fsp3) is 0.188. The predicted octanol–water partition coefficient (Wildman–Crippen LogP) is 4.40. The SMILES string of the molecule is COc1ccc(NC(=S)N[C@@H](C)c2ccccc2)cc1Cl. The smallest absolute Gasteiger partial charge is 0.171 e. The highest BCUT2D eigenvalue weighted by atomic mass is 35.5. The molecule has 0 radical (unpaired) electrons. The van der Waals surface area contributed by atoms with Gasteiger partial charge in [-0.3, -0.25) is 0 Å². The van der Waals surface area contributed by atoms with E-state index in [-0.39, 0.29) is 6.04 Å². The number of ether oxygens (including phenoxy) is 1. The number of rotatable bonds is 4. The van der Waals surface area contributed by atoms with Crippen LogP contribution in [0.15, 0.2) is 48.5 Å². The molecule has 0 fully saturated rings. The minimum atomic E-state index is 0.125. The van der Waals surface area contributed by atoms with Gasteiger partial charge in [0.05, 0.1) is 18.2 Å². The number of thiocarbonyl (C=S) groups is 1. The first-order valence-electron chi connectivity index (χ1n) is 6.56. The highest BCUT2D eigenvalue weighted by Gasteiger charge is 2.07. The summed E-state index contributed by atoms with van der Waals surface area (Å²) in [5.41, 5.74) is 1.99. The van der Waals surface area contributed by atoms with Crippen LogP contribution in [0.2, 0.25) is 5.02 Å². The lowest BCUT2D eigenvalue weighted by Crippen LogP contribution is -2.30. The fourth-order valence-corrected chi connectivity index (χ4v) is 2.49. The van der Waals surface area contributed by atoms with Crippen molar-refractivity contribution in [2.24, 2.45) is 0 Å². The molecular formula is C16H17ClN2OS. The average molecular weight is 321 g/mol. The van der Waals surface area contributed by atoms with E-state index in [1.807, 2.05) is 24.3 Å². The van der Waals surface area contributed by atoms with Crippen LogP contribution in [0.5, 0.6) is 5.75 Å². The second-order valence-corrected chi connectivity index (χ2v) is 5.40. The summed E-state index contributed by atoms with van der Waals surface area (Å²) in [6, 6.07) is 15.7. The Kier molecular flexibility index (Phi) is 5.42. The Hall–Kier alpha value is -1.78. The van der Waals surface area contributed by atoms with Crippen LogP contribution in [-0.2, 0) is 0 Å². The molecule has 3 nitrogen and oxygen atoms in total. The second kappa shape index (κ2) is 7.29. The van der Waals surface area contributed by atoms with Crippen molar-refractivity contribution in [1.29, 1.82) is 0 Å². The van der Waals surface area contributed by atoms with E-state index in [0.717, 1.165) is 5.69 Å². The zero-order chi connectivity index (χ0) is 15.2. The molecule has 0 heterocycles. The van der Waals surface area contributed by atoms with E-state index in [9.17, 15) is 0 Å². The van der Waals surface area contributed by atoms with Gasteiger partial charge in [0.25, 0.3) is 0 Å². The van der Waals surface area contributed by atoms with Crippen LogP contribution in [0.25, 0.3) is 0 Å². The van der Waals surface area contributed by atoms with E-state index in [1.54, 1.807) is 19.2 Å². The van der Waals surface area contributed by atoms with Gasteiger partial charge in [-0.1, -0.05) is 41.9 Å². The molecule has 0 saturated carbocycles. The van der Waals surface area contributed by atoms with Crippen LogP contribution >= 0.6 is 23.8 Å². The maximum absolute atomic E-state index is 6.09. The highest BCUT2D eigenvalue weighted by molar-refractivity contribution is 7.80. The molecule has 0 unspecified atom stereocenters. The number of nitrogens with one attached hydrogen (secondary N) is 2. The van der Waals surface area contributed by atoms with E-state index in [4.69, 9.17) is 28.6 Å². The van der Waals surface area contributed by atoms with Gasteiger partial charge in [0.2, 0.25) is 0 Å². The fourth-order valence-electron chi connectivity index (χ4n) is 1.93. The van der Waals surface area contributed by atoms with Gasteiger partial charge in [-0.2, -0.15) is 0 Å². The lowest BCUT2D eigenvalue weighted by Gasteiger charge is -2.17. The van der Waals surface area contributed by atoms with Crippen LogP contribution in [-0.4, -0.2) is 12.2 Å². The molecular weight excluding hydrogens is 304 g/mol. The Morgan fingerprint density at radius 3 is 2.52 bits per heavy atom. The van der Waals surface area contributed by atoms with Gasteiger partial charge >= 0.3 is 0 Å². The summed E-state index contributed by atoms with van der Waals surface area (Å²) in [5, 5.41) is 7.45. The van der Waals surface area contributed by atoms with Crippen molar-refractivity contribution in [1.82, 2.24) is 5.32 Å². The molecule has 0 aromatic heterocycles. The first kappa shape index (κ1) is 15.6. The van der Waals surface area contributed by atoms with Gasteiger partial charge in [0.15, 0.2) is 5.11 Å². The minimum absolute atomic E-state index is 0.125.